The number of hydrogen-bond acceptors (Lipinski definition) is 6. The van der Waals surface area contributed by atoms with Crippen LogP contribution in [0.2, 0.25) is 0 Å². The van der Waals surface area contributed by atoms with E-state index < -0.39 is 47.5 Å². The fourth-order valence-electron chi connectivity index (χ4n) is 3.32. The Morgan fingerprint density at radius 3 is 1.22 bits per heavy atom. The lowest BCUT2D eigenvalue weighted by Crippen LogP contribution is -2.66. The van der Waals surface area contributed by atoms with E-state index in [0.717, 1.165) is 0 Å². The average Bonchev–Trinajstić information content (AvgIpc) is 2.26. The summed E-state index contributed by atoms with van der Waals surface area (Å²) in [7, 11) is 0. The predicted octanol–water partition coefficient (Wildman–Crippen LogP) is -2.03. The maximum atomic E-state index is 10.2. The second kappa shape index (κ2) is 4.13. The lowest BCUT2D eigenvalue weighted by atomic mass is 9.57. The Balaban J connectivity index is 2.31. The third kappa shape index (κ3) is 1.88. The summed E-state index contributed by atoms with van der Waals surface area (Å²) >= 11 is 0. The summed E-state index contributed by atoms with van der Waals surface area (Å²) in [5.74, 6) is -1.10. The zero-order valence-electron chi connectivity index (χ0n) is 10.6. The molecule has 0 bridgehead atoms. The van der Waals surface area contributed by atoms with Crippen LogP contribution in [-0.4, -0.2) is 66.3 Å². The van der Waals surface area contributed by atoms with E-state index in [1.807, 2.05) is 0 Å². The summed E-state index contributed by atoms with van der Waals surface area (Å²) in [4.78, 5) is 0. The lowest BCUT2D eigenvalue weighted by Gasteiger charge is -2.55. The van der Waals surface area contributed by atoms with Crippen molar-refractivity contribution >= 4 is 0 Å². The Kier molecular flexibility index (Phi) is 3.25. The molecule has 8 atom stereocenters. The van der Waals surface area contributed by atoms with E-state index in [4.69, 9.17) is 0 Å². The van der Waals surface area contributed by atoms with E-state index in [-0.39, 0.29) is 12.8 Å². The first-order valence-corrected chi connectivity index (χ1v) is 6.25. The maximum Gasteiger partial charge on any atom is 0.109 e. The molecule has 0 aromatic heterocycles. The number of aliphatic hydroxyl groups excluding tert-OH is 4. The van der Waals surface area contributed by atoms with E-state index in [1.165, 1.54) is 13.8 Å². The second-order valence-corrected chi connectivity index (χ2v) is 6.25. The molecule has 0 saturated heterocycles. The van der Waals surface area contributed by atoms with Crippen LogP contribution in [0.1, 0.15) is 26.7 Å². The molecule has 6 nitrogen and oxygen atoms in total. The van der Waals surface area contributed by atoms with Crippen LogP contribution in [0.5, 0.6) is 0 Å². The second-order valence-electron chi connectivity index (χ2n) is 6.25. The molecule has 0 radical (unpaired) electrons. The third-order valence-electron chi connectivity index (χ3n) is 4.90. The van der Waals surface area contributed by atoms with E-state index in [1.54, 1.807) is 0 Å². The van der Waals surface area contributed by atoms with Crippen LogP contribution in [0, 0.1) is 11.8 Å². The van der Waals surface area contributed by atoms with Crippen molar-refractivity contribution in [3.05, 3.63) is 0 Å². The van der Waals surface area contributed by atoms with Crippen LogP contribution in [0.25, 0.3) is 0 Å². The molecule has 0 aromatic rings. The zero-order chi connectivity index (χ0) is 13.9. The average molecular weight is 262 g/mol. The summed E-state index contributed by atoms with van der Waals surface area (Å²) in [5, 5.41) is 59.6. The van der Waals surface area contributed by atoms with Gasteiger partial charge in [-0.05, 0) is 38.5 Å². The highest BCUT2D eigenvalue weighted by molar-refractivity contribution is 5.09. The minimum Gasteiger partial charge on any atom is -0.390 e. The van der Waals surface area contributed by atoms with E-state index >= 15 is 0 Å². The Labute approximate surface area is 106 Å². The van der Waals surface area contributed by atoms with Gasteiger partial charge in [-0.3, -0.25) is 0 Å². The number of fused-ring (bicyclic) bond motifs is 1. The van der Waals surface area contributed by atoms with Gasteiger partial charge >= 0.3 is 0 Å². The molecule has 0 amide bonds. The lowest BCUT2D eigenvalue weighted by molar-refractivity contribution is -0.249. The molecule has 0 spiro atoms. The minimum atomic E-state index is -1.43. The van der Waals surface area contributed by atoms with Crippen molar-refractivity contribution in [1.82, 2.24) is 0 Å². The first-order valence-electron chi connectivity index (χ1n) is 6.25. The molecule has 2 rings (SSSR count). The first-order chi connectivity index (χ1) is 8.08. The van der Waals surface area contributed by atoms with Crippen LogP contribution in [0.4, 0.5) is 0 Å². The highest BCUT2D eigenvalue weighted by Crippen LogP contribution is 2.48. The van der Waals surface area contributed by atoms with Gasteiger partial charge in [-0.25, -0.2) is 0 Å². The quantitative estimate of drug-likeness (QED) is 0.299. The van der Waals surface area contributed by atoms with Gasteiger partial charge in [0, 0.05) is 0 Å². The molecule has 0 aromatic carbocycles. The van der Waals surface area contributed by atoms with Gasteiger partial charge in [0.25, 0.3) is 0 Å². The van der Waals surface area contributed by atoms with Crippen molar-refractivity contribution in [1.29, 1.82) is 0 Å². The molecule has 106 valence electrons. The minimum absolute atomic E-state index is 0.0622. The predicted molar refractivity (Wildman–Crippen MR) is 61.5 cm³/mol. The fourth-order valence-corrected chi connectivity index (χ4v) is 3.32. The maximum absolute atomic E-state index is 10.2. The fraction of sp³-hybridized carbons (Fsp3) is 1.00. The van der Waals surface area contributed by atoms with Crippen molar-refractivity contribution in [3.63, 3.8) is 0 Å². The standard InChI is InChI=1S/C12H22O6/c1-11(17)3-5-6(4-12(11,2)18)8(14)10(16)9(15)7(5)13/h5-10,13-18H,3-4H2,1-2H3/t5?,6?,7-,8+,9+,10-,11-,12-/m1/s1. The monoisotopic (exact) mass is 262 g/mol. The number of aliphatic hydroxyl groups is 6. The highest BCUT2D eigenvalue weighted by Gasteiger charge is 2.58. The molecule has 6 N–H and O–H groups in total. The Morgan fingerprint density at radius 2 is 0.944 bits per heavy atom. The van der Waals surface area contributed by atoms with Crippen molar-refractivity contribution in [3.8, 4) is 0 Å². The smallest absolute Gasteiger partial charge is 0.109 e. The Hall–Kier alpha value is -0.240. The topological polar surface area (TPSA) is 121 Å². The molecular weight excluding hydrogens is 240 g/mol. The van der Waals surface area contributed by atoms with E-state index in [0.29, 0.717) is 0 Å². The summed E-state index contributed by atoms with van der Waals surface area (Å²) < 4.78 is 0. The Bertz CT molecular complexity index is 297. The molecule has 2 aliphatic carbocycles. The molecule has 2 unspecified atom stereocenters. The van der Waals surface area contributed by atoms with Crippen molar-refractivity contribution in [2.24, 2.45) is 11.8 Å². The summed E-state index contributed by atoms with van der Waals surface area (Å²) in [6.45, 7) is 2.94. The van der Waals surface area contributed by atoms with Gasteiger partial charge in [-0.1, -0.05) is 0 Å². The van der Waals surface area contributed by atoms with Crippen molar-refractivity contribution < 1.29 is 30.6 Å². The highest BCUT2D eigenvalue weighted by atomic mass is 16.4. The summed E-state index contributed by atoms with van der Waals surface area (Å²) in [6, 6.07) is 0. The summed E-state index contributed by atoms with van der Waals surface area (Å²) in [6.07, 6.45) is -5.16. The zero-order valence-corrected chi connectivity index (χ0v) is 10.6. The van der Waals surface area contributed by atoms with Gasteiger partial charge in [0.2, 0.25) is 0 Å². The summed E-state index contributed by atoms with van der Waals surface area (Å²) in [5.41, 5.74) is -2.81. The normalized spacial score (nSPS) is 61.3. The van der Waals surface area contributed by atoms with E-state index in [9.17, 15) is 30.6 Å². The molecule has 6 heteroatoms. The first kappa shape index (κ1) is 14.2. The molecule has 0 heterocycles. The molecule has 0 aliphatic heterocycles. The van der Waals surface area contributed by atoms with Crippen LogP contribution in [0.3, 0.4) is 0 Å². The largest absolute Gasteiger partial charge is 0.390 e. The molecule has 2 saturated carbocycles. The van der Waals surface area contributed by atoms with E-state index in [2.05, 4.69) is 0 Å². The SMILES string of the molecule is C[C@@]1(O)CC2C(C[C@@]1(C)O)[C@H](O)[C@@H](O)[C@@H](O)[C@@H]2O. The van der Waals surface area contributed by atoms with Crippen LogP contribution in [-0.2, 0) is 0 Å². The van der Waals surface area contributed by atoms with Crippen molar-refractivity contribution in [2.45, 2.75) is 62.3 Å². The van der Waals surface area contributed by atoms with Gasteiger partial charge in [-0.15, -0.1) is 0 Å². The van der Waals surface area contributed by atoms with Crippen LogP contribution >= 0.6 is 0 Å². The van der Waals surface area contributed by atoms with Crippen LogP contribution < -0.4 is 0 Å². The molecular formula is C12H22O6. The third-order valence-corrected chi connectivity index (χ3v) is 4.90. The Morgan fingerprint density at radius 1 is 0.667 bits per heavy atom. The molecule has 2 fully saturated rings. The number of rotatable bonds is 0. The van der Waals surface area contributed by atoms with Gasteiger partial charge in [-0.2, -0.15) is 0 Å². The van der Waals surface area contributed by atoms with Gasteiger partial charge in [0.15, 0.2) is 0 Å². The number of hydrogen-bond donors (Lipinski definition) is 6. The van der Waals surface area contributed by atoms with Crippen molar-refractivity contribution in [2.75, 3.05) is 0 Å². The molecule has 18 heavy (non-hydrogen) atoms. The van der Waals surface area contributed by atoms with Gasteiger partial charge < -0.3 is 30.6 Å². The van der Waals surface area contributed by atoms with Crippen LogP contribution in [0.15, 0.2) is 0 Å². The molecule has 2 aliphatic rings. The van der Waals surface area contributed by atoms with Gasteiger partial charge in [0.1, 0.15) is 12.2 Å². The van der Waals surface area contributed by atoms with Gasteiger partial charge in [0.05, 0.1) is 23.4 Å².